The first-order valence-electron chi connectivity index (χ1n) is 6.85. The number of aromatic carboxylic acids is 1. The van der Waals surface area contributed by atoms with E-state index in [-0.39, 0.29) is 5.56 Å². The molecule has 0 aliphatic rings. The molecule has 1 aromatic heterocycles. The lowest BCUT2D eigenvalue weighted by molar-refractivity contribution is 0.0697. The molecule has 0 saturated carbocycles. The molecule has 2 aromatic carbocycles. The number of benzene rings is 2. The van der Waals surface area contributed by atoms with Gasteiger partial charge in [0.25, 0.3) is 0 Å². The van der Waals surface area contributed by atoms with Crippen LogP contribution in [0.1, 0.15) is 21.6 Å². The van der Waals surface area contributed by atoms with Gasteiger partial charge in [-0.3, -0.25) is 5.43 Å². The second-order valence-corrected chi connectivity index (χ2v) is 4.96. The molecule has 0 bridgehead atoms. The molecular formula is C17H15N3O2. The standard InChI is InChI=1S/C17H15N3O2/c1-11-15(14-4-2-3-5-16(14)19-11)10-18-20-13-8-6-12(7-9-13)17(21)22/h2-10,19-20H,1H3,(H,21,22)/b18-10+. The largest absolute Gasteiger partial charge is 0.478 e. The van der Waals surface area contributed by atoms with Crippen molar-refractivity contribution in [2.45, 2.75) is 6.92 Å². The molecule has 3 N–H and O–H groups in total. The third-order valence-corrected chi connectivity index (χ3v) is 3.46. The van der Waals surface area contributed by atoms with Gasteiger partial charge >= 0.3 is 5.97 Å². The van der Waals surface area contributed by atoms with Crippen molar-refractivity contribution in [3.8, 4) is 0 Å². The Morgan fingerprint density at radius 2 is 1.91 bits per heavy atom. The minimum Gasteiger partial charge on any atom is -0.478 e. The lowest BCUT2D eigenvalue weighted by Crippen LogP contribution is -1.96. The van der Waals surface area contributed by atoms with E-state index in [4.69, 9.17) is 5.11 Å². The Balaban J connectivity index is 1.79. The molecule has 0 amide bonds. The fourth-order valence-corrected chi connectivity index (χ4v) is 2.32. The minimum absolute atomic E-state index is 0.252. The summed E-state index contributed by atoms with van der Waals surface area (Å²) in [6.45, 7) is 2.00. The van der Waals surface area contributed by atoms with Crippen molar-refractivity contribution >= 4 is 28.8 Å². The number of H-pyrrole nitrogens is 1. The zero-order valence-corrected chi connectivity index (χ0v) is 12.0. The van der Waals surface area contributed by atoms with Gasteiger partial charge in [0.1, 0.15) is 0 Å². The molecule has 0 spiro atoms. The number of hydrogen-bond donors (Lipinski definition) is 3. The van der Waals surface area contributed by atoms with Crippen molar-refractivity contribution in [1.82, 2.24) is 4.98 Å². The smallest absolute Gasteiger partial charge is 0.335 e. The summed E-state index contributed by atoms with van der Waals surface area (Å²) in [7, 11) is 0. The van der Waals surface area contributed by atoms with Crippen LogP contribution in [0.3, 0.4) is 0 Å². The molecule has 0 fully saturated rings. The van der Waals surface area contributed by atoms with Crippen LogP contribution >= 0.6 is 0 Å². The van der Waals surface area contributed by atoms with Crippen LogP contribution in [0.2, 0.25) is 0 Å². The number of carboxylic acid groups (broad SMARTS) is 1. The Kier molecular flexibility index (Phi) is 3.62. The molecule has 22 heavy (non-hydrogen) atoms. The molecule has 0 unspecified atom stereocenters. The van der Waals surface area contributed by atoms with Crippen LogP contribution in [0, 0.1) is 6.92 Å². The van der Waals surface area contributed by atoms with Crippen molar-refractivity contribution in [2.75, 3.05) is 5.43 Å². The number of aromatic nitrogens is 1. The van der Waals surface area contributed by atoms with Crippen LogP contribution in [-0.2, 0) is 0 Å². The van der Waals surface area contributed by atoms with Crippen molar-refractivity contribution in [3.05, 3.63) is 65.4 Å². The Bertz CT molecular complexity index is 848. The summed E-state index contributed by atoms with van der Waals surface area (Å²) in [5, 5.41) is 14.2. The van der Waals surface area contributed by atoms with Gasteiger partial charge in [0.05, 0.1) is 17.5 Å². The van der Waals surface area contributed by atoms with Gasteiger partial charge in [-0.2, -0.15) is 5.10 Å². The maximum atomic E-state index is 10.8. The number of aromatic amines is 1. The Hall–Kier alpha value is -3.08. The first kappa shape index (κ1) is 13.9. The summed E-state index contributed by atoms with van der Waals surface area (Å²) >= 11 is 0. The summed E-state index contributed by atoms with van der Waals surface area (Å²) in [5.41, 5.74) is 7.05. The van der Waals surface area contributed by atoms with E-state index in [1.165, 1.54) is 12.1 Å². The van der Waals surface area contributed by atoms with E-state index in [1.807, 2.05) is 31.2 Å². The summed E-state index contributed by atoms with van der Waals surface area (Å²) in [5.74, 6) is -0.940. The number of nitrogens with zero attached hydrogens (tertiary/aromatic N) is 1. The van der Waals surface area contributed by atoms with E-state index in [9.17, 15) is 4.79 Å². The van der Waals surface area contributed by atoms with Gasteiger partial charge in [0.15, 0.2) is 0 Å². The summed E-state index contributed by atoms with van der Waals surface area (Å²) in [6, 6.07) is 14.5. The van der Waals surface area contributed by atoms with Gasteiger partial charge < -0.3 is 10.1 Å². The summed E-state index contributed by atoms with van der Waals surface area (Å²) in [4.78, 5) is 14.1. The fraction of sp³-hybridized carbons (Fsp3) is 0.0588. The van der Waals surface area contributed by atoms with Gasteiger partial charge in [-0.05, 0) is 37.3 Å². The summed E-state index contributed by atoms with van der Waals surface area (Å²) in [6.07, 6.45) is 1.76. The SMILES string of the molecule is Cc1[nH]c2ccccc2c1/C=N/Nc1ccc(C(=O)O)cc1. The third-order valence-electron chi connectivity index (χ3n) is 3.46. The van der Waals surface area contributed by atoms with E-state index < -0.39 is 5.97 Å². The number of fused-ring (bicyclic) bond motifs is 1. The van der Waals surface area contributed by atoms with E-state index in [2.05, 4.69) is 15.5 Å². The second-order valence-electron chi connectivity index (χ2n) is 4.96. The highest BCUT2D eigenvalue weighted by Crippen LogP contribution is 2.20. The average Bonchev–Trinajstić information content (AvgIpc) is 2.84. The minimum atomic E-state index is -0.940. The first-order valence-corrected chi connectivity index (χ1v) is 6.85. The number of carbonyl (C=O) groups is 1. The molecule has 0 aliphatic heterocycles. The highest BCUT2D eigenvalue weighted by Gasteiger charge is 2.05. The number of rotatable bonds is 4. The molecule has 3 aromatic rings. The number of carboxylic acids is 1. The average molecular weight is 293 g/mol. The number of anilines is 1. The molecule has 5 heteroatoms. The second kappa shape index (κ2) is 5.73. The Morgan fingerprint density at radius 3 is 2.64 bits per heavy atom. The van der Waals surface area contributed by atoms with E-state index in [0.717, 1.165) is 27.8 Å². The van der Waals surface area contributed by atoms with Crippen LogP contribution in [0.15, 0.2) is 53.6 Å². The van der Waals surface area contributed by atoms with Gasteiger partial charge in [-0.1, -0.05) is 18.2 Å². The lowest BCUT2D eigenvalue weighted by Gasteiger charge is -2.00. The van der Waals surface area contributed by atoms with Crippen molar-refractivity contribution in [1.29, 1.82) is 0 Å². The van der Waals surface area contributed by atoms with Crippen LogP contribution in [-0.4, -0.2) is 22.3 Å². The number of hydrogen-bond acceptors (Lipinski definition) is 3. The number of para-hydroxylation sites is 1. The Morgan fingerprint density at radius 1 is 1.18 bits per heavy atom. The van der Waals surface area contributed by atoms with Crippen LogP contribution in [0.4, 0.5) is 5.69 Å². The van der Waals surface area contributed by atoms with Crippen molar-refractivity contribution < 1.29 is 9.90 Å². The molecule has 1 heterocycles. The van der Waals surface area contributed by atoms with Gasteiger partial charge in [0.2, 0.25) is 0 Å². The van der Waals surface area contributed by atoms with Crippen LogP contribution < -0.4 is 5.43 Å². The van der Waals surface area contributed by atoms with Gasteiger partial charge in [-0.25, -0.2) is 4.79 Å². The van der Waals surface area contributed by atoms with Crippen molar-refractivity contribution in [2.24, 2.45) is 5.10 Å². The highest BCUT2D eigenvalue weighted by molar-refractivity contribution is 6.00. The highest BCUT2D eigenvalue weighted by atomic mass is 16.4. The number of nitrogens with one attached hydrogen (secondary N) is 2. The molecule has 110 valence electrons. The fourth-order valence-electron chi connectivity index (χ4n) is 2.32. The van der Waals surface area contributed by atoms with E-state index >= 15 is 0 Å². The molecule has 3 rings (SSSR count). The lowest BCUT2D eigenvalue weighted by atomic mass is 10.1. The normalized spacial score (nSPS) is 11.1. The van der Waals surface area contributed by atoms with Crippen LogP contribution in [0.5, 0.6) is 0 Å². The molecular weight excluding hydrogens is 278 g/mol. The predicted molar refractivity (Wildman–Crippen MR) is 87.7 cm³/mol. The molecule has 5 nitrogen and oxygen atoms in total. The molecule has 0 aliphatic carbocycles. The quantitative estimate of drug-likeness (QED) is 0.508. The third kappa shape index (κ3) is 2.69. The van der Waals surface area contributed by atoms with Gasteiger partial charge in [-0.15, -0.1) is 0 Å². The Labute approximate surface area is 127 Å². The van der Waals surface area contributed by atoms with Crippen LogP contribution in [0.25, 0.3) is 10.9 Å². The zero-order chi connectivity index (χ0) is 15.5. The van der Waals surface area contributed by atoms with E-state index in [0.29, 0.717) is 0 Å². The maximum Gasteiger partial charge on any atom is 0.335 e. The number of hydrazone groups is 1. The van der Waals surface area contributed by atoms with Crippen molar-refractivity contribution in [3.63, 3.8) is 0 Å². The topological polar surface area (TPSA) is 77.5 Å². The molecule has 0 saturated heterocycles. The molecule has 0 atom stereocenters. The number of aryl methyl sites for hydroxylation is 1. The molecule has 0 radical (unpaired) electrons. The van der Waals surface area contributed by atoms with Gasteiger partial charge in [0, 0.05) is 22.2 Å². The summed E-state index contributed by atoms with van der Waals surface area (Å²) < 4.78 is 0. The first-order chi connectivity index (χ1) is 10.6. The van der Waals surface area contributed by atoms with E-state index in [1.54, 1.807) is 18.3 Å². The predicted octanol–water partition coefficient (Wildman–Crippen LogP) is 3.62. The zero-order valence-electron chi connectivity index (χ0n) is 12.0. The monoisotopic (exact) mass is 293 g/mol. The maximum absolute atomic E-state index is 10.8.